The van der Waals surface area contributed by atoms with Gasteiger partial charge in [0.1, 0.15) is 0 Å². The first-order chi connectivity index (χ1) is 6.70. The Hall–Kier alpha value is -1.38. The van der Waals surface area contributed by atoms with Gasteiger partial charge in [0, 0.05) is 18.3 Å². The van der Waals surface area contributed by atoms with Crippen molar-refractivity contribution in [2.45, 2.75) is 32.2 Å². The highest BCUT2D eigenvalue weighted by atomic mass is 16.6. The number of rotatable bonds is 5. The molecule has 1 unspecified atom stereocenters. The third-order valence-corrected chi connectivity index (χ3v) is 2.29. The van der Waals surface area contributed by atoms with Crippen molar-refractivity contribution in [2.24, 2.45) is 0 Å². The minimum Gasteiger partial charge on any atom is -0.264 e. The molecule has 0 amide bonds. The molecule has 0 heterocycles. The first-order valence-electron chi connectivity index (χ1n) is 4.87. The minimum absolute atomic E-state index is 0.217. The lowest BCUT2D eigenvalue weighted by atomic mass is 10.1. The van der Waals surface area contributed by atoms with Crippen LogP contribution in [0.1, 0.15) is 25.3 Å². The molecular weight excluding hydrogens is 178 g/mol. The van der Waals surface area contributed by atoms with Gasteiger partial charge in [-0.2, -0.15) is 0 Å². The Kier molecular flexibility index (Phi) is 4.11. The van der Waals surface area contributed by atoms with E-state index in [2.05, 4.69) is 12.1 Å². The van der Waals surface area contributed by atoms with Crippen LogP contribution in [0.5, 0.6) is 0 Å². The highest BCUT2D eigenvalue weighted by Gasteiger charge is 2.11. The van der Waals surface area contributed by atoms with Crippen molar-refractivity contribution in [3.63, 3.8) is 0 Å². The van der Waals surface area contributed by atoms with Gasteiger partial charge >= 0.3 is 0 Å². The van der Waals surface area contributed by atoms with Gasteiger partial charge in [0.05, 0.1) is 0 Å². The largest absolute Gasteiger partial charge is 0.264 e. The summed E-state index contributed by atoms with van der Waals surface area (Å²) >= 11 is 0. The Morgan fingerprint density at radius 2 is 2.00 bits per heavy atom. The van der Waals surface area contributed by atoms with E-state index in [1.54, 1.807) is 6.92 Å². The molecule has 3 nitrogen and oxygen atoms in total. The van der Waals surface area contributed by atoms with Gasteiger partial charge in [-0.25, -0.2) is 0 Å². The van der Waals surface area contributed by atoms with Gasteiger partial charge in [0.2, 0.25) is 6.04 Å². The van der Waals surface area contributed by atoms with E-state index in [0.717, 1.165) is 12.8 Å². The van der Waals surface area contributed by atoms with Crippen LogP contribution in [0.2, 0.25) is 0 Å². The molecule has 1 aromatic rings. The molecule has 0 aliphatic rings. The second kappa shape index (κ2) is 5.37. The van der Waals surface area contributed by atoms with Gasteiger partial charge in [-0.05, 0) is 18.4 Å². The second-order valence-corrected chi connectivity index (χ2v) is 3.51. The average Bonchev–Trinajstić information content (AvgIpc) is 2.19. The normalized spacial score (nSPS) is 12.4. The summed E-state index contributed by atoms with van der Waals surface area (Å²) in [5, 5.41) is 10.3. The lowest BCUT2D eigenvalue weighted by molar-refractivity contribution is -0.519. The van der Waals surface area contributed by atoms with Crippen LogP contribution >= 0.6 is 0 Å². The molecule has 0 fully saturated rings. The summed E-state index contributed by atoms with van der Waals surface area (Å²) in [5.41, 5.74) is 1.25. The molecule has 0 bridgehead atoms. The molecular formula is C11H15NO2. The van der Waals surface area contributed by atoms with Crippen molar-refractivity contribution >= 4 is 0 Å². The van der Waals surface area contributed by atoms with Crippen LogP contribution in [0, 0.1) is 10.1 Å². The molecule has 1 atom stereocenters. The van der Waals surface area contributed by atoms with Gasteiger partial charge in [0.25, 0.3) is 0 Å². The first-order valence-corrected chi connectivity index (χ1v) is 4.87. The Labute approximate surface area is 83.9 Å². The predicted octanol–water partition coefficient (Wildman–Crippen LogP) is 2.67. The van der Waals surface area contributed by atoms with Crippen molar-refractivity contribution in [1.29, 1.82) is 0 Å². The fourth-order valence-electron chi connectivity index (χ4n) is 1.35. The van der Waals surface area contributed by atoms with Gasteiger partial charge in [-0.3, -0.25) is 10.1 Å². The van der Waals surface area contributed by atoms with Crippen LogP contribution in [0.15, 0.2) is 30.3 Å². The summed E-state index contributed by atoms with van der Waals surface area (Å²) in [5.74, 6) is 0. The van der Waals surface area contributed by atoms with E-state index in [1.165, 1.54) is 5.56 Å². The van der Waals surface area contributed by atoms with Crippen LogP contribution in [-0.4, -0.2) is 11.0 Å². The maximum atomic E-state index is 10.3. The molecule has 1 aromatic carbocycles. The highest BCUT2D eigenvalue weighted by molar-refractivity contribution is 5.14. The molecule has 0 aliphatic carbocycles. The van der Waals surface area contributed by atoms with E-state index in [0.29, 0.717) is 6.42 Å². The van der Waals surface area contributed by atoms with Crippen LogP contribution in [-0.2, 0) is 6.42 Å². The molecule has 76 valence electrons. The van der Waals surface area contributed by atoms with Crippen LogP contribution < -0.4 is 0 Å². The van der Waals surface area contributed by atoms with Crippen LogP contribution in [0.3, 0.4) is 0 Å². The lowest BCUT2D eigenvalue weighted by Crippen LogP contribution is -2.14. The number of hydrogen-bond acceptors (Lipinski definition) is 2. The fourth-order valence-corrected chi connectivity index (χ4v) is 1.35. The molecule has 0 saturated heterocycles. The molecule has 3 heteroatoms. The van der Waals surface area contributed by atoms with E-state index in [1.807, 2.05) is 18.2 Å². The summed E-state index contributed by atoms with van der Waals surface area (Å²) in [7, 11) is 0. The Morgan fingerprint density at radius 3 is 2.57 bits per heavy atom. The Morgan fingerprint density at radius 1 is 1.36 bits per heavy atom. The first kappa shape index (κ1) is 10.7. The second-order valence-electron chi connectivity index (χ2n) is 3.51. The van der Waals surface area contributed by atoms with E-state index in [-0.39, 0.29) is 4.92 Å². The summed E-state index contributed by atoms with van der Waals surface area (Å²) in [6, 6.07) is 9.65. The molecule has 0 aliphatic heterocycles. The van der Waals surface area contributed by atoms with Crippen molar-refractivity contribution in [3.05, 3.63) is 46.0 Å². The average molecular weight is 193 g/mol. The Bertz CT molecular complexity index is 285. The SMILES string of the molecule is CC(CCCc1ccccc1)[N+](=O)[O-]. The zero-order chi connectivity index (χ0) is 10.4. The van der Waals surface area contributed by atoms with Crippen LogP contribution in [0.25, 0.3) is 0 Å². The van der Waals surface area contributed by atoms with Crippen molar-refractivity contribution < 1.29 is 4.92 Å². The predicted molar refractivity (Wildman–Crippen MR) is 55.8 cm³/mol. The maximum Gasteiger partial charge on any atom is 0.210 e. The summed E-state index contributed by atoms with van der Waals surface area (Å²) < 4.78 is 0. The number of benzene rings is 1. The summed E-state index contributed by atoms with van der Waals surface area (Å²) in [6.07, 6.45) is 2.47. The molecule has 1 rings (SSSR count). The minimum atomic E-state index is -0.418. The smallest absolute Gasteiger partial charge is 0.210 e. The van der Waals surface area contributed by atoms with E-state index in [9.17, 15) is 10.1 Å². The van der Waals surface area contributed by atoms with Gasteiger partial charge in [0.15, 0.2) is 0 Å². The van der Waals surface area contributed by atoms with E-state index < -0.39 is 6.04 Å². The molecule has 0 radical (unpaired) electrons. The third kappa shape index (κ3) is 3.56. The quantitative estimate of drug-likeness (QED) is 0.533. The summed E-state index contributed by atoms with van der Waals surface area (Å²) in [4.78, 5) is 10.1. The van der Waals surface area contributed by atoms with Gasteiger partial charge in [-0.1, -0.05) is 30.3 Å². The molecule has 0 spiro atoms. The van der Waals surface area contributed by atoms with Gasteiger partial charge in [-0.15, -0.1) is 0 Å². The fraction of sp³-hybridized carbons (Fsp3) is 0.455. The number of nitrogens with zero attached hydrogens (tertiary/aromatic N) is 1. The van der Waals surface area contributed by atoms with Gasteiger partial charge < -0.3 is 0 Å². The zero-order valence-corrected chi connectivity index (χ0v) is 8.35. The topological polar surface area (TPSA) is 43.1 Å². The molecule has 0 aromatic heterocycles. The van der Waals surface area contributed by atoms with E-state index in [4.69, 9.17) is 0 Å². The molecule has 0 N–H and O–H groups in total. The van der Waals surface area contributed by atoms with Crippen molar-refractivity contribution in [1.82, 2.24) is 0 Å². The standard InChI is InChI=1S/C11H15NO2/c1-10(12(13)14)6-5-9-11-7-3-2-4-8-11/h2-4,7-8,10H,5-6,9H2,1H3. The monoisotopic (exact) mass is 193 g/mol. The number of nitro groups is 1. The van der Waals surface area contributed by atoms with Crippen molar-refractivity contribution in [3.8, 4) is 0 Å². The summed E-state index contributed by atoms with van der Waals surface area (Å²) in [6.45, 7) is 1.66. The number of aryl methyl sites for hydroxylation is 1. The molecule has 14 heavy (non-hydrogen) atoms. The maximum absolute atomic E-state index is 10.3. The lowest BCUT2D eigenvalue weighted by Gasteiger charge is -2.03. The van der Waals surface area contributed by atoms with Crippen LogP contribution in [0.4, 0.5) is 0 Å². The molecule has 0 saturated carbocycles. The van der Waals surface area contributed by atoms with E-state index >= 15 is 0 Å². The third-order valence-electron chi connectivity index (χ3n) is 2.29. The number of hydrogen-bond donors (Lipinski definition) is 0. The highest BCUT2D eigenvalue weighted by Crippen LogP contribution is 2.07. The Balaban J connectivity index is 2.26. The van der Waals surface area contributed by atoms with Crippen molar-refractivity contribution in [2.75, 3.05) is 0 Å². The zero-order valence-electron chi connectivity index (χ0n) is 8.35.